The van der Waals surface area contributed by atoms with Gasteiger partial charge in [0.05, 0.1) is 25.2 Å². The van der Waals surface area contributed by atoms with Gasteiger partial charge in [0.15, 0.2) is 5.78 Å². The third-order valence-corrected chi connectivity index (χ3v) is 6.80. The van der Waals surface area contributed by atoms with Crippen LogP contribution in [0.5, 0.6) is 11.6 Å². The fraction of sp³-hybridized carbons (Fsp3) is 0.333. The molecule has 0 aliphatic carbocycles. The summed E-state index contributed by atoms with van der Waals surface area (Å²) in [6, 6.07) is 11.7. The Hall–Kier alpha value is -3.29. The van der Waals surface area contributed by atoms with E-state index in [9.17, 15) is 4.79 Å². The van der Waals surface area contributed by atoms with Gasteiger partial charge in [-0.25, -0.2) is 0 Å². The lowest BCUT2D eigenvalue weighted by atomic mass is 9.89. The van der Waals surface area contributed by atoms with Crippen molar-refractivity contribution < 1.29 is 14.3 Å². The number of aromatic amines is 1. The van der Waals surface area contributed by atoms with Gasteiger partial charge >= 0.3 is 0 Å². The van der Waals surface area contributed by atoms with Gasteiger partial charge in [0, 0.05) is 40.4 Å². The van der Waals surface area contributed by atoms with Gasteiger partial charge in [-0.2, -0.15) is 0 Å². The standard InChI is InChI=1S/C27H29ClN4O3/c1-31(2)9-4-10-32-15-23(26(33)19-11-18-12-20(28)6-8-25(18)35-16-19)21-7-5-17(13-24(21)32)22-14-29-30-27(22)34-3/h5-8,12-15,19H,4,9-11,16H2,1-3H3,(H,29,30)/t19-/m1/s1. The third kappa shape index (κ3) is 4.66. The zero-order valence-electron chi connectivity index (χ0n) is 20.2. The van der Waals surface area contributed by atoms with Crippen molar-refractivity contribution >= 4 is 28.3 Å². The van der Waals surface area contributed by atoms with E-state index in [-0.39, 0.29) is 11.7 Å². The number of benzene rings is 2. The summed E-state index contributed by atoms with van der Waals surface area (Å²) in [6.07, 6.45) is 5.42. The normalized spacial score (nSPS) is 15.3. The number of H-pyrrole nitrogens is 1. The molecule has 182 valence electrons. The molecule has 0 bridgehead atoms. The van der Waals surface area contributed by atoms with E-state index in [1.807, 2.05) is 42.7 Å². The van der Waals surface area contributed by atoms with Crippen LogP contribution in [0.25, 0.3) is 22.0 Å². The maximum absolute atomic E-state index is 13.7. The van der Waals surface area contributed by atoms with Crippen molar-refractivity contribution in [1.29, 1.82) is 0 Å². The maximum Gasteiger partial charge on any atom is 0.240 e. The third-order valence-electron chi connectivity index (χ3n) is 6.56. The first-order valence-corrected chi connectivity index (χ1v) is 12.1. The van der Waals surface area contributed by atoms with E-state index in [1.54, 1.807) is 7.11 Å². The molecule has 1 aliphatic heterocycles. The van der Waals surface area contributed by atoms with E-state index in [0.29, 0.717) is 23.9 Å². The van der Waals surface area contributed by atoms with Crippen LogP contribution in [0.3, 0.4) is 0 Å². The number of hydrogen-bond donors (Lipinski definition) is 1. The molecule has 0 amide bonds. The molecular weight excluding hydrogens is 464 g/mol. The molecule has 5 rings (SSSR count). The molecule has 2 aromatic heterocycles. The summed E-state index contributed by atoms with van der Waals surface area (Å²) >= 11 is 6.19. The van der Waals surface area contributed by atoms with Crippen LogP contribution in [0, 0.1) is 5.92 Å². The van der Waals surface area contributed by atoms with Crippen molar-refractivity contribution in [3.8, 4) is 22.8 Å². The molecule has 0 saturated heterocycles. The Morgan fingerprint density at radius 3 is 2.94 bits per heavy atom. The predicted octanol–water partition coefficient (Wildman–Crippen LogP) is 5.08. The van der Waals surface area contributed by atoms with Crippen LogP contribution in [-0.4, -0.2) is 59.8 Å². The Morgan fingerprint density at radius 2 is 2.14 bits per heavy atom. The van der Waals surface area contributed by atoms with E-state index in [4.69, 9.17) is 21.1 Å². The van der Waals surface area contributed by atoms with Crippen LogP contribution in [-0.2, 0) is 13.0 Å². The fourth-order valence-electron chi connectivity index (χ4n) is 4.79. The summed E-state index contributed by atoms with van der Waals surface area (Å²) in [5.41, 5.74) is 4.60. The lowest BCUT2D eigenvalue weighted by Gasteiger charge is -2.24. The topological polar surface area (TPSA) is 72.4 Å². The van der Waals surface area contributed by atoms with E-state index in [1.165, 1.54) is 0 Å². The average Bonchev–Trinajstić information content (AvgIpc) is 3.47. The second-order valence-corrected chi connectivity index (χ2v) is 9.70. The van der Waals surface area contributed by atoms with Crippen LogP contribution in [0.2, 0.25) is 5.02 Å². The average molecular weight is 493 g/mol. The molecule has 0 spiro atoms. The molecule has 2 aromatic carbocycles. The van der Waals surface area contributed by atoms with Gasteiger partial charge in [-0.1, -0.05) is 23.7 Å². The summed E-state index contributed by atoms with van der Waals surface area (Å²) in [4.78, 5) is 15.9. The second-order valence-electron chi connectivity index (χ2n) is 9.26. The molecule has 1 N–H and O–H groups in total. The Kier molecular flexibility index (Phi) is 6.54. The zero-order valence-corrected chi connectivity index (χ0v) is 20.9. The molecule has 4 aromatic rings. The van der Waals surface area contributed by atoms with Crippen LogP contribution < -0.4 is 9.47 Å². The number of carbonyl (C=O) groups excluding carboxylic acids is 1. The molecule has 0 fully saturated rings. The smallest absolute Gasteiger partial charge is 0.240 e. The van der Waals surface area contributed by atoms with Gasteiger partial charge in [-0.05, 0) is 68.9 Å². The number of nitrogens with one attached hydrogen (secondary N) is 1. The number of fused-ring (bicyclic) bond motifs is 2. The largest absolute Gasteiger partial charge is 0.493 e. The first-order chi connectivity index (χ1) is 16.9. The molecule has 0 saturated carbocycles. The van der Waals surface area contributed by atoms with Crippen molar-refractivity contribution in [3.63, 3.8) is 0 Å². The number of Topliss-reactive ketones (excluding diaryl/α,β-unsaturated/α-hetero) is 1. The zero-order chi connectivity index (χ0) is 24.5. The van der Waals surface area contributed by atoms with E-state index < -0.39 is 0 Å². The van der Waals surface area contributed by atoms with Gasteiger partial charge in [0.1, 0.15) is 5.75 Å². The summed E-state index contributed by atoms with van der Waals surface area (Å²) in [6.45, 7) is 2.14. The number of aryl methyl sites for hydroxylation is 1. The van der Waals surface area contributed by atoms with Crippen molar-refractivity contribution in [1.82, 2.24) is 19.7 Å². The maximum atomic E-state index is 13.7. The Morgan fingerprint density at radius 1 is 1.29 bits per heavy atom. The first-order valence-electron chi connectivity index (χ1n) is 11.8. The molecule has 35 heavy (non-hydrogen) atoms. The number of halogens is 1. The summed E-state index contributed by atoms with van der Waals surface area (Å²) in [5.74, 6) is 1.20. The van der Waals surface area contributed by atoms with Gasteiger partial charge in [-0.3, -0.25) is 9.89 Å². The minimum Gasteiger partial charge on any atom is -0.493 e. The highest BCUT2D eigenvalue weighted by Crippen LogP contribution is 2.35. The van der Waals surface area contributed by atoms with Gasteiger partial charge in [0.25, 0.3) is 0 Å². The number of nitrogens with zero attached hydrogens (tertiary/aromatic N) is 3. The van der Waals surface area contributed by atoms with E-state index in [2.05, 4.69) is 39.8 Å². The van der Waals surface area contributed by atoms with Crippen molar-refractivity contribution in [2.75, 3.05) is 34.4 Å². The second kappa shape index (κ2) is 9.76. The number of ketones is 1. The quantitative estimate of drug-likeness (QED) is 0.347. The number of aromatic nitrogens is 3. The number of methoxy groups -OCH3 is 1. The number of ether oxygens (including phenoxy) is 2. The summed E-state index contributed by atoms with van der Waals surface area (Å²) in [5, 5.41) is 8.64. The molecular formula is C27H29ClN4O3. The van der Waals surface area contributed by atoms with Gasteiger partial charge in [-0.15, -0.1) is 5.10 Å². The molecule has 7 nitrogen and oxygen atoms in total. The molecule has 8 heteroatoms. The highest BCUT2D eigenvalue weighted by molar-refractivity contribution is 6.30. The highest BCUT2D eigenvalue weighted by Gasteiger charge is 2.29. The lowest BCUT2D eigenvalue weighted by Crippen LogP contribution is -2.28. The van der Waals surface area contributed by atoms with Gasteiger partial charge < -0.3 is 18.9 Å². The van der Waals surface area contributed by atoms with E-state index in [0.717, 1.165) is 58.4 Å². The van der Waals surface area contributed by atoms with Crippen molar-refractivity contribution in [2.45, 2.75) is 19.4 Å². The van der Waals surface area contributed by atoms with Crippen LogP contribution in [0.15, 0.2) is 48.8 Å². The Labute approximate surface area is 209 Å². The van der Waals surface area contributed by atoms with Crippen molar-refractivity contribution in [3.05, 3.63) is 64.9 Å². The Balaban J connectivity index is 1.51. The number of carbonyl (C=O) groups is 1. The fourth-order valence-corrected chi connectivity index (χ4v) is 4.98. The van der Waals surface area contributed by atoms with Crippen LogP contribution >= 0.6 is 11.6 Å². The van der Waals surface area contributed by atoms with Crippen molar-refractivity contribution in [2.24, 2.45) is 5.92 Å². The number of rotatable bonds is 8. The molecule has 0 unspecified atom stereocenters. The van der Waals surface area contributed by atoms with E-state index >= 15 is 0 Å². The first kappa shape index (κ1) is 23.5. The predicted molar refractivity (Wildman–Crippen MR) is 138 cm³/mol. The summed E-state index contributed by atoms with van der Waals surface area (Å²) in [7, 11) is 5.74. The number of hydrogen-bond acceptors (Lipinski definition) is 5. The van der Waals surface area contributed by atoms with Crippen LogP contribution in [0.4, 0.5) is 0 Å². The highest BCUT2D eigenvalue weighted by atomic mass is 35.5. The molecule has 1 aliphatic rings. The van der Waals surface area contributed by atoms with Gasteiger partial charge in [0.2, 0.25) is 5.88 Å². The SMILES string of the molecule is COc1n[nH]cc1-c1ccc2c(C(=O)[C@H]3COc4ccc(Cl)cc4C3)cn(CCCN(C)C)c2c1. The Bertz CT molecular complexity index is 1370. The summed E-state index contributed by atoms with van der Waals surface area (Å²) < 4.78 is 13.5. The molecule has 0 radical (unpaired) electrons. The monoisotopic (exact) mass is 492 g/mol. The lowest BCUT2D eigenvalue weighted by molar-refractivity contribution is 0.0856. The molecule has 1 atom stereocenters. The van der Waals surface area contributed by atoms with Crippen LogP contribution in [0.1, 0.15) is 22.3 Å². The molecule has 3 heterocycles. The minimum absolute atomic E-state index is 0.0978. The minimum atomic E-state index is -0.254.